The Labute approximate surface area is 136 Å². The van der Waals surface area contributed by atoms with Gasteiger partial charge < -0.3 is 9.22 Å². The van der Waals surface area contributed by atoms with Crippen LogP contribution in [0.3, 0.4) is 0 Å². The van der Waals surface area contributed by atoms with Gasteiger partial charge in [-0.25, -0.2) is 0 Å². The molecule has 3 aliphatic rings. The van der Waals surface area contributed by atoms with Crippen molar-refractivity contribution in [1.29, 1.82) is 0 Å². The number of piperidine rings is 3. The predicted octanol–water partition coefficient (Wildman–Crippen LogP) is 4.35. The van der Waals surface area contributed by atoms with E-state index in [1.165, 1.54) is 60.9 Å². The fraction of sp³-hybridized carbons (Fsp3) is 0.700. The summed E-state index contributed by atoms with van der Waals surface area (Å²) in [6, 6.07) is 7.35. The Bertz CT molecular complexity index is 489. The summed E-state index contributed by atoms with van der Waals surface area (Å²) in [5.74, 6) is 2.12. The molecule has 22 heavy (non-hydrogen) atoms. The molecule has 122 valence electrons. The van der Waals surface area contributed by atoms with Crippen LogP contribution in [0.25, 0.3) is 0 Å². The molecule has 4 rings (SSSR count). The van der Waals surface area contributed by atoms with Crippen molar-refractivity contribution in [2.45, 2.75) is 58.9 Å². The number of benzene rings is 1. The Kier molecular flexibility index (Phi) is 4.77. The highest BCUT2D eigenvalue weighted by Crippen LogP contribution is 2.36. The summed E-state index contributed by atoms with van der Waals surface area (Å²) in [4.78, 5) is 0. The number of nitrogens with zero attached hydrogens (tertiary/aromatic N) is 1. The summed E-state index contributed by atoms with van der Waals surface area (Å²) in [5, 5.41) is 0. The smallest absolute Gasteiger partial charge is 0.122 e. The minimum atomic E-state index is 0.747. The van der Waals surface area contributed by atoms with Gasteiger partial charge in [-0.2, -0.15) is 0 Å². The van der Waals surface area contributed by atoms with Crippen molar-refractivity contribution in [2.24, 2.45) is 5.92 Å². The van der Waals surface area contributed by atoms with Crippen LogP contribution in [0.4, 0.5) is 0 Å². The van der Waals surface area contributed by atoms with Crippen molar-refractivity contribution >= 4 is 0 Å². The van der Waals surface area contributed by atoms with E-state index in [0.29, 0.717) is 0 Å². The maximum absolute atomic E-state index is 6.09. The van der Waals surface area contributed by atoms with Gasteiger partial charge in [-0.05, 0) is 62.6 Å². The van der Waals surface area contributed by atoms with Gasteiger partial charge in [0.1, 0.15) is 5.75 Å². The average Bonchev–Trinajstić information content (AvgIpc) is 2.57. The monoisotopic (exact) mass is 302 g/mol. The molecule has 1 aromatic carbocycles. The first-order chi connectivity index (χ1) is 10.6. The lowest BCUT2D eigenvalue weighted by Crippen LogP contribution is -2.62. The maximum atomic E-state index is 6.09. The van der Waals surface area contributed by atoms with E-state index in [4.69, 9.17) is 4.74 Å². The number of rotatable bonds is 6. The van der Waals surface area contributed by atoms with Gasteiger partial charge in [-0.3, -0.25) is 0 Å². The normalized spacial score (nSPS) is 28.6. The lowest BCUT2D eigenvalue weighted by Gasteiger charge is -2.52. The Hall–Kier alpha value is -1.02. The van der Waals surface area contributed by atoms with E-state index in [0.717, 1.165) is 30.7 Å². The molecular formula is C20H32NO+. The standard InChI is InChI=1S/C20H32NO/c1-4-18-5-6-20(16(2)15-18)22-14-10-17(3)21-11-7-19(8-12-21)9-13-21/h5-6,15,17,19H,4,7-14H2,1-3H3/q+1/t17-,19?,21?/m0/s1. The number of hydrogen-bond acceptors (Lipinski definition) is 1. The van der Waals surface area contributed by atoms with E-state index in [9.17, 15) is 0 Å². The lowest BCUT2D eigenvalue weighted by molar-refractivity contribution is -0.963. The van der Waals surface area contributed by atoms with Crippen LogP contribution in [0.5, 0.6) is 5.75 Å². The molecule has 0 unspecified atom stereocenters. The highest BCUT2D eigenvalue weighted by atomic mass is 16.5. The van der Waals surface area contributed by atoms with Gasteiger partial charge in [-0.1, -0.05) is 19.1 Å². The van der Waals surface area contributed by atoms with E-state index in [1.54, 1.807) is 0 Å². The van der Waals surface area contributed by atoms with Crippen LogP contribution in [-0.4, -0.2) is 36.8 Å². The molecule has 0 spiro atoms. The van der Waals surface area contributed by atoms with Crippen LogP contribution >= 0.6 is 0 Å². The second-order valence-electron chi connectivity index (χ2n) is 7.56. The molecule has 3 fully saturated rings. The van der Waals surface area contributed by atoms with Gasteiger partial charge in [0.25, 0.3) is 0 Å². The summed E-state index contributed by atoms with van der Waals surface area (Å²) < 4.78 is 7.46. The van der Waals surface area contributed by atoms with E-state index in [-0.39, 0.29) is 0 Å². The SMILES string of the molecule is CCc1ccc(OCC[C@H](C)[N+]23CCC(CC2)CC3)c(C)c1. The van der Waals surface area contributed by atoms with Gasteiger partial charge >= 0.3 is 0 Å². The van der Waals surface area contributed by atoms with Crippen molar-refractivity contribution in [2.75, 3.05) is 26.2 Å². The van der Waals surface area contributed by atoms with Gasteiger partial charge in [0, 0.05) is 6.42 Å². The second kappa shape index (κ2) is 6.62. The molecular weight excluding hydrogens is 270 g/mol. The van der Waals surface area contributed by atoms with Crippen LogP contribution in [0.1, 0.15) is 50.7 Å². The van der Waals surface area contributed by atoms with Crippen molar-refractivity contribution in [3.05, 3.63) is 29.3 Å². The van der Waals surface area contributed by atoms with E-state index in [2.05, 4.69) is 39.0 Å². The second-order valence-corrected chi connectivity index (χ2v) is 7.56. The third-order valence-electron chi connectivity index (χ3n) is 6.32. The first kappa shape index (κ1) is 15.9. The average molecular weight is 302 g/mol. The number of fused-ring (bicyclic) bond motifs is 3. The van der Waals surface area contributed by atoms with Crippen LogP contribution < -0.4 is 4.74 Å². The fourth-order valence-electron chi connectivity index (χ4n) is 4.46. The Morgan fingerprint density at radius 3 is 2.45 bits per heavy atom. The molecule has 1 aromatic rings. The highest BCUT2D eigenvalue weighted by Gasteiger charge is 2.42. The third-order valence-corrected chi connectivity index (χ3v) is 6.32. The molecule has 0 radical (unpaired) electrons. The Morgan fingerprint density at radius 2 is 1.86 bits per heavy atom. The largest absolute Gasteiger partial charge is 0.493 e. The van der Waals surface area contributed by atoms with Gasteiger partial charge in [0.15, 0.2) is 0 Å². The first-order valence-electron chi connectivity index (χ1n) is 9.21. The zero-order chi connectivity index (χ0) is 15.6. The van der Waals surface area contributed by atoms with Crippen LogP contribution in [0.15, 0.2) is 18.2 Å². The third kappa shape index (κ3) is 3.17. The number of quaternary nitrogens is 1. The molecule has 3 heterocycles. The molecule has 2 bridgehead atoms. The summed E-state index contributed by atoms with van der Waals surface area (Å²) in [6.45, 7) is 11.9. The molecule has 2 heteroatoms. The van der Waals surface area contributed by atoms with Crippen molar-refractivity contribution < 1.29 is 9.22 Å². The molecule has 0 amide bonds. The van der Waals surface area contributed by atoms with Crippen molar-refractivity contribution in [1.82, 2.24) is 0 Å². The molecule has 1 atom stereocenters. The number of aryl methyl sites for hydroxylation is 2. The van der Waals surface area contributed by atoms with Crippen LogP contribution in [0.2, 0.25) is 0 Å². The summed E-state index contributed by atoms with van der Waals surface area (Å²) in [7, 11) is 0. The van der Waals surface area contributed by atoms with E-state index >= 15 is 0 Å². The Balaban J connectivity index is 1.52. The predicted molar refractivity (Wildman–Crippen MR) is 92.3 cm³/mol. The topological polar surface area (TPSA) is 9.23 Å². The molecule has 0 saturated carbocycles. The van der Waals surface area contributed by atoms with E-state index < -0.39 is 0 Å². The number of hydrogen-bond donors (Lipinski definition) is 0. The van der Waals surface area contributed by atoms with Crippen molar-refractivity contribution in [3.63, 3.8) is 0 Å². The quantitative estimate of drug-likeness (QED) is 0.710. The van der Waals surface area contributed by atoms with Crippen LogP contribution in [0, 0.1) is 12.8 Å². The zero-order valence-corrected chi connectivity index (χ0v) is 14.6. The Morgan fingerprint density at radius 1 is 1.18 bits per heavy atom. The van der Waals surface area contributed by atoms with Crippen molar-refractivity contribution in [3.8, 4) is 5.75 Å². The molecule has 0 N–H and O–H groups in total. The summed E-state index contributed by atoms with van der Waals surface area (Å²) >= 11 is 0. The highest BCUT2D eigenvalue weighted by molar-refractivity contribution is 5.36. The first-order valence-corrected chi connectivity index (χ1v) is 9.21. The summed E-state index contributed by atoms with van der Waals surface area (Å²) in [6.07, 6.45) is 6.66. The van der Waals surface area contributed by atoms with Gasteiger partial charge in [-0.15, -0.1) is 0 Å². The minimum Gasteiger partial charge on any atom is -0.493 e. The molecule has 3 aliphatic heterocycles. The molecule has 2 nitrogen and oxygen atoms in total. The number of ether oxygens (including phenoxy) is 1. The van der Waals surface area contributed by atoms with Gasteiger partial charge in [0.2, 0.25) is 0 Å². The maximum Gasteiger partial charge on any atom is 0.122 e. The van der Waals surface area contributed by atoms with Crippen LogP contribution in [-0.2, 0) is 6.42 Å². The summed E-state index contributed by atoms with van der Waals surface area (Å²) in [5.41, 5.74) is 2.67. The molecule has 0 aliphatic carbocycles. The van der Waals surface area contributed by atoms with Gasteiger partial charge in [0.05, 0.1) is 32.3 Å². The molecule has 3 saturated heterocycles. The lowest BCUT2D eigenvalue weighted by atomic mass is 9.84. The fourth-order valence-corrected chi connectivity index (χ4v) is 4.46. The van der Waals surface area contributed by atoms with E-state index in [1.807, 2.05) is 0 Å². The molecule has 0 aromatic heterocycles. The zero-order valence-electron chi connectivity index (χ0n) is 14.6. The minimum absolute atomic E-state index is 0.747.